The van der Waals surface area contributed by atoms with Gasteiger partial charge in [0, 0.05) is 26.6 Å². The number of oxazole rings is 1. The Morgan fingerprint density at radius 3 is 2.73 bits per heavy atom. The van der Waals surface area contributed by atoms with Gasteiger partial charge in [0.1, 0.15) is 5.52 Å². The van der Waals surface area contributed by atoms with Gasteiger partial charge in [0.15, 0.2) is 5.58 Å². The quantitative estimate of drug-likeness (QED) is 0.602. The first-order valence-electron chi connectivity index (χ1n) is 10.5. The van der Waals surface area contributed by atoms with Crippen molar-refractivity contribution in [3.63, 3.8) is 0 Å². The monoisotopic (exact) mass is 405 g/mol. The number of carbonyl (C=O) groups excluding carboxylic acids is 2. The van der Waals surface area contributed by atoms with Crippen LogP contribution < -0.4 is 0 Å². The normalized spacial score (nSPS) is 16.8. The summed E-state index contributed by atoms with van der Waals surface area (Å²) >= 11 is 0. The molecular weight excluding hydrogens is 378 g/mol. The van der Waals surface area contributed by atoms with E-state index in [1.807, 2.05) is 47.4 Å². The van der Waals surface area contributed by atoms with Crippen LogP contribution in [0.3, 0.4) is 0 Å². The van der Waals surface area contributed by atoms with Crippen molar-refractivity contribution in [3.05, 3.63) is 66.1 Å². The number of piperidine rings is 1. The highest BCUT2D eigenvalue weighted by atomic mass is 16.3. The molecule has 156 valence electrons. The van der Waals surface area contributed by atoms with Crippen molar-refractivity contribution in [2.75, 3.05) is 20.1 Å². The van der Waals surface area contributed by atoms with Crippen LogP contribution >= 0.6 is 0 Å². The largest absolute Gasteiger partial charge is 0.439 e. The van der Waals surface area contributed by atoms with Crippen LogP contribution in [0.5, 0.6) is 0 Å². The first-order chi connectivity index (χ1) is 14.6. The minimum atomic E-state index is -0.172. The Morgan fingerprint density at radius 2 is 1.93 bits per heavy atom. The molecule has 1 aliphatic rings. The summed E-state index contributed by atoms with van der Waals surface area (Å²) in [5.41, 5.74) is 2.79. The number of hydrogen-bond acceptors (Lipinski definition) is 4. The van der Waals surface area contributed by atoms with Gasteiger partial charge in [0.05, 0.1) is 12.5 Å². The summed E-state index contributed by atoms with van der Waals surface area (Å²) < 4.78 is 5.74. The average Bonchev–Trinajstić information content (AvgIpc) is 3.17. The van der Waals surface area contributed by atoms with Crippen LogP contribution in [-0.4, -0.2) is 46.7 Å². The second-order valence-corrected chi connectivity index (χ2v) is 7.93. The van der Waals surface area contributed by atoms with Crippen molar-refractivity contribution in [1.82, 2.24) is 14.8 Å². The minimum absolute atomic E-state index is 0.0396. The van der Waals surface area contributed by atoms with E-state index in [0.717, 1.165) is 23.9 Å². The van der Waals surface area contributed by atoms with Gasteiger partial charge < -0.3 is 14.2 Å². The molecule has 2 heterocycles. The number of amides is 2. The van der Waals surface area contributed by atoms with Gasteiger partial charge in [0.2, 0.25) is 17.7 Å². The van der Waals surface area contributed by atoms with Crippen molar-refractivity contribution >= 4 is 22.9 Å². The highest BCUT2D eigenvalue weighted by Gasteiger charge is 2.32. The number of para-hydroxylation sites is 2. The molecule has 0 bridgehead atoms. The van der Waals surface area contributed by atoms with Gasteiger partial charge in [-0.2, -0.15) is 0 Å². The average molecular weight is 405 g/mol. The molecule has 0 aliphatic carbocycles. The predicted octanol–water partition coefficient (Wildman–Crippen LogP) is 3.66. The summed E-state index contributed by atoms with van der Waals surface area (Å²) in [4.78, 5) is 33.3. The molecule has 2 aromatic carbocycles. The van der Waals surface area contributed by atoms with Gasteiger partial charge in [-0.1, -0.05) is 42.5 Å². The van der Waals surface area contributed by atoms with Crippen molar-refractivity contribution in [2.24, 2.45) is 5.92 Å². The van der Waals surface area contributed by atoms with Gasteiger partial charge in [-0.3, -0.25) is 9.59 Å². The Kier molecular flexibility index (Phi) is 6.12. The minimum Gasteiger partial charge on any atom is -0.439 e. The third kappa shape index (κ3) is 4.70. The predicted molar refractivity (Wildman–Crippen MR) is 115 cm³/mol. The summed E-state index contributed by atoms with van der Waals surface area (Å²) in [7, 11) is 1.77. The Bertz CT molecular complexity index is 982. The van der Waals surface area contributed by atoms with E-state index in [0.29, 0.717) is 38.4 Å². The molecule has 0 saturated carbocycles. The fourth-order valence-corrected chi connectivity index (χ4v) is 4.03. The van der Waals surface area contributed by atoms with Crippen molar-refractivity contribution in [1.29, 1.82) is 0 Å². The van der Waals surface area contributed by atoms with Gasteiger partial charge >= 0.3 is 0 Å². The van der Waals surface area contributed by atoms with Crippen molar-refractivity contribution in [3.8, 4) is 0 Å². The van der Waals surface area contributed by atoms with E-state index < -0.39 is 0 Å². The second kappa shape index (κ2) is 9.11. The number of carbonyl (C=O) groups is 2. The molecule has 1 atom stereocenters. The molecular formula is C24H27N3O3. The summed E-state index contributed by atoms with van der Waals surface area (Å²) in [6.07, 6.45) is 2.86. The number of nitrogens with zero attached hydrogens (tertiary/aromatic N) is 3. The van der Waals surface area contributed by atoms with E-state index in [1.165, 1.54) is 5.56 Å². The Morgan fingerprint density at radius 1 is 1.17 bits per heavy atom. The van der Waals surface area contributed by atoms with Crippen LogP contribution in [0.1, 0.15) is 30.7 Å². The maximum absolute atomic E-state index is 13.0. The van der Waals surface area contributed by atoms with Crippen LogP contribution in [0, 0.1) is 5.92 Å². The van der Waals surface area contributed by atoms with Gasteiger partial charge in [-0.25, -0.2) is 4.98 Å². The molecule has 0 radical (unpaired) electrons. The lowest BCUT2D eigenvalue weighted by Crippen LogP contribution is -2.46. The Balaban J connectivity index is 1.32. The molecule has 6 nitrogen and oxygen atoms in total. The molecule has 6 heteroatoms. The highest BCUT2D eigenvalue weighted by Crippen LogP contribution is 2.22. The van der Waals surface area contributed by atoms with Gasteiger partial charge in [0.25, 0.3) is 0 Å². The number of hydrogen-bond donors (Lipinski definition) is 0. The standard InChI is InChI=1S/C24H27N3O3/c1-26(17-22-25-20-11-5-6-12-21(20)30-22)24(29)19-13-14-23(28)27(16-19)15-7-10-18-8-3-2-4-9-18/h2-6,8-9,11-12,19H,7,10,13-17H2,1H3/t19-/m1/s1. The van der Waals surface area contributed by atoms with E-state index in [2.05, 4.69) is 17.1 Å². The van der Waals surface area contributed by atoms with E-state index in [4.69, 9.17) is 4.42 Å². The molecule has 1 aromatic heterocycles. The Hall–Kier alpha value is -3.15. The number of aromatic nitrogens is 1. The summed E-state index contributed by atoms with van der Waals surface area (Å²) in [5, 5.41) is 0. The molecule has 4 rings (SSSR count). The Labute approximate surface area is 176 Å². The molecule has 30 heavy (non-hydrogen) atoms. The fourth-order valence-electron chi connectivity index (χ4n) is 4.03. The second-order valence-electron chi connectivity index (χ2n) is 7.93. The molecule has 0 N–H and O–H groups in total. The van der Waals surface area contributed by atoms with E-state index in [9.17, 15) is 9.59 Å². The zero-order valence-electron chi connectivity index (χ0n) is 17.3. The van der Waals surface area contributed by atoms with Crippen LogP contribution in [0.2, 0.25) is 0 Å². The molecule has 1 fully saturated rings. The van der Waals surface area contributed by atoms with E-state index in [1.54, 1.807) is 11.9 Å². The third-order valence-corrected chi connectivity index (χ3v) is 5.67. The maximum Gasteiger partial charge on any atom is 0.227 e. The fraction of sp³-hybridized carbons (Fsp3) is 0.375. The summed E-state index contributed by atoms with van der Waals surface area (Å²) in [6, 6.07) is 17.8. The van der Waals surface area contributed by atoms with Crippen LogP contribution in [0.15, 0.2) is 59.0 Å². The van der Waals surface area contributed by atoms with Gasteiger partial charge in [-0.15, -0.1) is 0 Å². The lowest BCUT2D eigenvalue weighted by Gasteiger charge is -2.33. The van der Waals surface area contributed by atoms with Gasteiger partial charge in [-0.05, 0) is 37.0 Å². The van der Waals surface area contributed by atoms with Crippen molar-refractivity contribution < 1.29 is 14.0 Å². The lowest BCUT2D eigenvalue weighted by atomic mass is 9.95. The molecule has 0 unspecified atom stereocenters. The lowest BCUT2D eigenvalue weighted by molar-refractivity contribution is -0.142. The van der Waals surface area contributed by atoms with Crippen molar-refractivity contribution in [2.45, 2.75) is 32.2 Å². The van der Waals surface area contributed by atoms with Crippen LogP contribution in [-0.2, 0) is 22.6 Å². The molecule has 1 saturated heterocycles. The SMILES string of the molecule is CN(Cc1nc2ccccc2o1)C(=O)[C@@H]1CCC(=O)N(CCCc2ccccc2)C1. The van der Waals surface area contributed by atoms with Crippen LogP contribution in [0.25, 0.3) is 11.1 Å². The highest BCUT2D eigenvalue weighted by molar-refractivity contribution is 5.83. The smallest absolute Gasteiger partial charge is 0.227 e. The molecule has 2 amide bonds. The zero-order valence-corrected chi connectivity index (χ0v) is 17.3. The molecule has 1 aliphatic heterocycles. The topological polar surface area (TPSA) is 66.7 Å². The van der Waals surface area contributed by atoms with Crippen LogP contribution in [0.4, 0.5) is 0 Å². The number of benzene rings is 2. The number of fused-ring (bicyclic) bond motifs is 1. The number of aryl methyl sites for hydroxylation is 1. The van der Waals surface area contributed by atoms with E-state index in [-0.39, 0.29) is 17.7 Å². The molecule has 0 spiro atoms. The van der Waals surface area contributed by atoms with E-state index >= 15 is 0 Å². The zero-order chi connectivity index (χ0) is 20.9. The summed E-state index contributed by atoms with van der Waals surface area (Å²) in [5.74, 6) is 0.541. The third-order valence-electron chi connectivity index (χ3n) is 5.67. The first kappa shape index (κ1) is 20.1. The maximum atomic E-state index is 13.0. The summed E-state index contributed by atoms with van der Waals surface area (Å²) in [6.45, 7) is 1.50. The number of likely N-dealkylation sites (tertiary alicyclic amines) is 1. The molecule has 3 aromatic rings. The first-order valence-corrected chi connectivity index (χ1v) is 10.5. The number of rotatable bonds is 7.